The molecule has 0 saturated carbocycles. The van der Waals surface area contributed by atoms with Crippen LogP contribution in [0.1, 0.15) is 36.6 Å². The molecule has 2 aliphatic rings. The van der Waals surface area contributed by atoms with Crippen molar-refractivity contribution in [2.45, 2.75) is 38.6 Å². The zero-order valence-electron chi connectivity index (χ0n) is 11.4. The van der Waals surface area contributed by atoms with Gasteiger partial charge >= 0.3 is 0 Å². The molecule has 19 heavy (non-hydrogen) atoms. The Morgan fingerprint density at radius 3 is 3.00 bits per heavy atom. The quantitative estimate of drug-likeness (QED) is 0.829. The summed E-state index contributed by atoms with van der Waals surface area (Å²) in [4.78, 5) is 6.97. The highest BCUT2D eigenvalue weighted by molar-refractivity contribution is 5.57. The zero-order valence-corrected chi connectivity index (χ0v) is 11.4. The van der Waals surface area contributed by atoms with Crippen LogP contribution in [0.25, 0.3) is 0 Å². The molecule has 2 N–H and O–H groups in total. The molecule has 1 aliphatic carbocycles. The molecule has 1 saturated heterocycles. The SMILES string of the molecule is CC1CC(N)CN(c2nc3c(cc2C#N)CCC3)C1. The zero-order chi connectivity index (χ0) is 13.4. The van der Waals surface area contributed by atoms with E-state index in [1.165, 1.54) is 11.3 Å². The van der Waals surface area contributed by atoms with Gasteiger partial charge in [-0.05, 0) is 43.2 Å². The van der Waals surface area contributed by atoms with Crippen molar-refractivity contribution in [2.24, 2.45) is 11.7 Å². The minimum absolute atomic E-state index is 0.186. The number of hydrogen-bond donors (Lipinski definition) is 1. The van der Waals surface area contributed by atoms with E-state index in [1.54, 1.807) is 0 Å². The van der Waals surface area contributed by atoms with E-state index < -0.39 is 0 Å². The summed E-state index contributed by atoms with van der Waals surface area (Å²) in [6, 6.07) is 4.53. The third-order valence-corrected chi connectivity index (χ3v) is 4.14. The van der Waals surface area contributed by atoms with Gasteiger partial charge in [-0.15, -0.1) is 0 Å². The molecule has 4 heteroatoms. The van der Waals surface area contributed by atoms with Crippen LogP contribution in [0.5, 0.6) is 0 Å². The van der Waals surface area contributed by atoms with Gasteiger partial charge in [0, 0.05) is 24.8 Å². The van der Waals surface area contributed by atoms with E-state index in [2.05, 4.69) is 17.9 Å². The van der Waals surface area contributed by atoms with Crippen LogP contribution in [0, 0.1) is 17.2 Å². The number of fused-ring (bicyclic) bond motifs is 1. The molecular formula is C15H20N4. The Bertz CT molecular complexity index is 522. The predicted octanol–water partition coefficient (Wildman–Crippen LogP) is 1.62. The maximum Gasteiger partial charge on any atom is 0.146 e. The van der Waals surface area contributed by atoms with Crippen LogP contribution in [0.15, 0.2) is 6.07 Å². The number of rotatable bonds is 1. The maximum atomic E-state index is 9.36. The fourth-order valence-electron chi connectivity index (χ4n) is 3.36. The average Bonchev–Trinajstić information content (AvgIpc) is 2.83. The van der Waals surface area contributed by atoms with E-state index in [1.807, 2.05) is 6.07 Å². The first-order valence-corrected chi connectivity index (χ1v) is 7.11. The van der Waals surface area contributed by atoms with Crippen molar-refractivity contribution < 1.29 is 0 Å². The third-order valence-electron chi connectivity index (χ3n) is 4.14. The van der Waals surface area contributed by atoms with Gasteiger partial charge in [-0.1, -0.05) is 6.92 Å². The Labute approximate surface area is 114 Å². The van der Waals surface area contributed by atoms with E-state index >= 15 is 0 Å². The molecule has 2 unspecified atom stereocenters. The van der Waals surface area contributed by atoms with Crippen LogP contribution in [0.3, 0.4) is 0 Å². The molecule has 0 aromatic carbocycles. The predicted molar refractivity (Wildman–Crippen MR) is 74.9 cm³/mol. The van der Waals surface area contributed by atoms with Crippen LogP contribution >= 0.6 is 0 Å². The van der Waals surface area contributed by atoms with Crippen LogP contribution in [0.4, 0.5) is 5.82 Å². The molecule has 0 spiro atoms. The highest BCUT2D eigenvalue weighted by atomic mass is 15.2. The standard InChI is InChI=1S/C15H20N4/c1-10-5-13(17)9-19(8-10)15-12(7-16)6-11-3-2-4-14(11)18-15/h6,10,13H,2-5,8-9,17H2,1H3. The van der Waals surface area contributed by atoms with Crippen molar-refractivity contribution in [1.82, 2.24) is 4.98 Å². The summed E-state index contributed by atoms with van der Waals surface area (Å²) in [5.74, 6) is 1.41. The largest absolute Gasteiger partial charge is 0.354 e. The van der Waals surface area contributed by atoms with E-state index in [0.29, 0.717) is 11.5 Å². The van der Waals surface area contributed by atoms with Crippen molar-refractivity contribution in [2.75, 3.05) is 18.0 Å². The monoisotopic (exact) mass is 256 g/mol. The lowest BCUT2D eigenvalue weighted by molar-refractivity contribution is 0.399. The number of aromatic nitrogens is 1. The van der Waals surface area contributed by atoms with E-state index in [0.717, 1.165) is 44.6 Å². The number of nitriles is 1. The summed E-state index contributed by atoms with van der Waals surface area (Å²) in [6.07, 6.45) is 4.33. The number of nitrogens with two attached hydrogens (primary N) is 1. The lowest BCUT2D eigenvalue weighted by atomic mass is 9.96. The Kier molecular flexibility index (Phi) is 3.16. The topological polar surface area (TPSA) is 65.9 Å². The first kappa shape index (κ1) is 12.4. The number of pyridine rings is 1. The van der Waals surface area contributed by atoms with Gasteiger partial charge in [-0.3, -0.25) is 0 Å². The second-order valence-corrected chi connectivity index (χ2v) is 5.94. The van der Waals surface area contributed by atoms with Crippen LogP contribution in [-0.4, -0.2) is 24.1 Å². The maximum absolute atomic E-state index is 9.36. The molecular weight excluding hydrogens is 236 g/mol. The van der Waals surface area contributed by atoms with Gasteiger partial charge in [0.2, 0.25) is 0 Å². The molecule has 2 heterocycles. The summed E-state index contributed by atoms with van der Waals surface area (Å²) in [5.41, 5.74) is 9.26. The van der Waals surface area contributed by atoms with Gasteiger partial charge in [0.05, 0.1) is 5.56 Å². The Hall–Kier alpha value is -1.60. The van der Waals surface area contributed by atoms with Crippen molar-refractivity contribution in [3.63, 3.8) is 0 Å². The Morgan fingerprint density at radius 1 is 1.42 bits per heavy atom. The molecule has 1 aliphatic heterocycles. The Morgan fingerprint density at radius 2 is 2.26 bits per heavy atom. The molecule has 1 aromatic rings. The van der Waals surface area contributed by atoms with Crippen molar-refractivity contribution in [1.29, 1.82) is 5.26 Å². The van der Waals surface area contributed by atoms with E-state index in [9.17, 15) is 5.26 Å². The second kappa shape index (κ2) is 4.82. The number of hydrogen-bond acceptors (Lipinski definition) is 4. The summed E-state index contributed by atoms with van der Waals surface area (Å²) >= 11 is 0. The van der Waals surface area contributed by atoms with Crippen LogP contribution in [0.2, 0.25) is 0 Å². The highest BCUT2D eigenvalue weighted by Gasteiger charge is 2.26. The minimum atomic E-state index is 0.186. The summed E-state index contributed by atoms with van der Waals surface area (Å²) in [7, 11) is 0. The normalized spacial score (nSPS) is 26.1. The molecule has 4 nitrogen and oxygen atoms in total. The molecule has 1 aromatic heterocycles. The smallest absolute Gasteiger partial charge is 0.146 e. The minimum Gasteiger partial charge on any atom is -0.354 e. The molecule has 2 atom stereocenters. The molecule has 100 valence electrons. The summed E-state index contributed by atoms with van der Waals surface area (Å²) in [5, 5.41) is 9.36. The lowest BCUT2D eigenvalue weighted by Crippen LogP contribution is -2.47. The lowest BCUT2D eigenvalue weighted by Gasteiger charge is -2.36. The number of piperidine rings is 1. The van der Waals surface area contributed by atoms with E-state index in [4.69, 9.17) is 10.7 Å². The van der Waals surface area contributed by atoms with Crippen molar-refractivity contribution in [3.05, 3.63) is 22.9 Å². The molecule has 1 fully saturated rings. The van der Waals surface area contributed by atoms with Crippen LogP contribution < -0.4 is 10.6 Å². The van der Waals surface area contributed by atoms with Crippen LogP contribution in [-0.2, 0) is 12.8 Å². The average molecular weight is 256 g/mol. The molecule has 0 bridgehead atoms. The first-order chi connectivity index (χ1) is 9.17. The van der Waals surface area contributed by atoms with Gasteiger partial charge < -0.3 is 10.6 Å². The molecule has 0 radical (unpaired) electrons. The number of nitrogens with zero attached hydrogens (tertiary/aromatic N) is 3. The van der Waals surface area contributed by atoms with Crippen molar-refractivity contribution in [3.8, 4) is 6.07 Å². The van der Waals surface area contributed by atoms with Gasteiger partial charge in [0.15, 0.2) is 0 Å². The Balaban J connectivity index is 1.97. The summed E-state index contributed by atoms with van der Waals surface area (Å²) < 4.78 is 0. The highest BCUT2D eigenvalue weighted by Crippen LogP contribution is 2.29. The van der Waals surface area contributed by atoms with Gasteiger partial charge in [0.25, 0.3) is 0 Å². The van der Waals surface area contributed by atoms with Gasteiger partial charge in [-0.25, -0.2) is 4.98 Å². The second-order valence-electron chi connectivity index (χ2n) is 5.94. The van der Waals surface area contributed by atoms with Gasteiger partial charge in [0.1, 0.15) is 11.9 Å². The fourth-order valence-corrected chi connectivity index (χ4v) is 3.36. The molecule has 0 amide bonds. The number of aryl methyl sites for hydroxylation is 2. The third kappa shape index (κ3) is 2.31. The van der Waals surface area contributed by atoms with Crippen molar-refractivity contribution >= 4 is 5.82 Å². The summed E-state index contributed by atoms with van der Waals surface area (Å²) in [6.45, 7) is 3.98. The van der Waals surface area contributed by atoms with E-state index in [-0.39, 0.29) is 6.04 Å². The fraction of sp³-hybridized carbons (Fsp3) is 0.600. The molecule has 3 rings (SSSR count). The van der Waals surface area contributed by atoms with Gasteiger partial charge in [-0.2, -0.15) is 5.26 Å². The first-order valence-electron chi connectivity index (χ1n) is 7.11. The number of anilines is 1.